The molecule has 0 spiro atoms. The third-order valence-electron chi connectivity index (χ3n) is 3.21. The van der Waals surface area contributed by atoms with Gasteiger partial charge in [0.05, 0.1) is 17.2 Å². The van der Waals surface area contributed by atoms with Gasteiger partial charge in [-0.25, -0.2) is 0 Å². The molecule has 0 fully saturated rings. The van der Waals surface area contributed by atoms with E-state index >= 15 is 0 Å². The fraction of sp³-hybridized carbons (Fsp3) is 0.333. The van der Waals surface area contributed by atoms with Crippen LogP contribution in [0, 0.1) is 0 Å². The molecule has 0 aliphatic carbocycles. The van der Waals surface area contributed by atoms with Crippen LogP contribution < -0.4 is 10.1 Å². The average molecular weight is 320 g/mol. The zero-order valence-electron chi connectivity index (χ0n) is 12.9. The third-order valence-corrected chi connectivity index (χ3v) is 3.51. The molecule has 0 bridgehead atoms. The van der Waals surface area contributed by atoms with Crippen LogP contribution in [-0.2, 0) is 6.54 Å². The molecule has 0 aliphatic heterocycles. The molecule has 0 aromatic heterocycles. The lowest BCUT2D eigenvalue weighted by Gasteiger charge is -2.14. The predicted octanol–water partition coefficient (Wildman–Crippen LogP) is 3.95. The van der Waals surface area contributed by atoms with Gasteiger partial charge in [-0.15, -0.1) is 0 Å². The van der Waals surface area contributed by atoms with Crippen LogP contribution >= 0.6 is 11.6 Å². The molecular formula is C18H22ClNO2. The van der Waals surface area contributed by atoms with Gasteiger partial charge in [0, 0.05) is 13.1 Å². The quantitative estimate of drug-likeness (QED) is 0.812. The molecule has 2 aromatic carbocycles. The number of ether oxygens (including phenoxy) is 1. The van der Waals surface area contributed by atoms with Crippen molar-refractivity contribution < 1.29 is 9.84 Å². The summed E-state index contributed by atoms with van der Waals surface area (Å²) in [5, 5.41) is 13.9. The van der Waals surface area contributed by atoms with Crippen LogP contribution in [-0.4, -0.2) is 17.8 Å². The first kappa shape index (κ1) is 16.8. The Morgan fingerprint density at radius 3 is 2.50 bits per heavy atom. The summed E-state index contributed by atoms with van der Waals surface area (Å²) >= 11 is 6.21. The lowest BCUT2D eigenvalue weighted by molar-refractivity contribution is 0.174. The molecule has 0 amide bonds. The fourth-order valence-electron chi connectivity index (χ4n) is 2.15. The highest BCUT2D eigenvalue weighted by molar-refractivity contribution is 6.32. The van der Waals surface area contributed by atoms with Gasteiger partial charge in [-0.3, -0.25) is 0 Å². The van der Waals surface area contributed by atoms with E-state index in [1.807, 2.05) is 62.4 Å². The van der Waals surface area contributed by atoms with Gasteiger partial charge in [0.2, 0.25) is 0 Å². The molecule has 0 radical (unpaired) electrons. The molecule has 0 saturated carbocycles. The Bertz CT molecular complexity index is 587. The first-order valence-electron chi connectivity index (χ1n) is 7.45. The maximum Gasteiger partial charge on any atom is 0.138 e. The smallest absolute Gasteiger partial charge is 0.138 e. The lowest BCUT2D eigenvalue weighted by Crippen LogP contribution is -2.21. The van der Waals surface area contributed by atoms with Gasteiger partial charge in [-0.05, 0) is 37.1 Å². The summed E-state index contributed by atoms with van der Waals surface area (Å²) in [5.74, 6) is 0.699. The molecule has 22 heavy (non-hydrogen) atoms. The van der Waals surface area contributed by atoms with Crippen molar-refractivity contribution >= 4 is 11.6 Å². The van der Waals surface area contributed by atoms with E-state index in [0.29, 0.717) is 23.9 Å². The second-order valence-corrected chi connectivity index (χ2v) is 5.90. The number of benzene rings is 2. The summed E-state index contributed by atoms with van der Waals surface area (Å²) in [6, 6.07) is 15.4. The van der Waals surface area contributed by atoms with E-state index in [1.165, 1.54) is 0 Å². The molecule has 4 heteroatoms. The molecular weight excluding hydrogens is 298 g/mol. The highest BCUT2D eigenvalue weighted by atomic mass is 35.5. The monoisotopic (exact) mass is 319 g/mol. The Kier molecular flexibility index (Phi) is 6.25. The topological polar surface area (TPSA) is 41.5 Å². The van der Waals surface area contributed by atoms with Gasteiger partial charge in [0.1, 0.15) is 5.75 Å². The summed E-state index contributed by atoms with van der Waals surface area (Å²) in [6.45, 7) is 5.07. The van der Waals surface area contributed by atoms with Crippen molar-refractivity contribution in [2.45, 2.75) is 32.6 Å². The van der Waals surface area contributed by atoms with E-state index in [-0.39, 0.29) is 6.10 Å². The Labute approximate surface area is 136 Å². The van der Waals surface area contributed by atoms with Gasteiger partial charge in [-0.1, -0.05) is 48.0 Å². The van der Waals surface area contributed by atoms with Crippen molar-refractivity contribution in [2.24, 2.45) is 0 Å². The van der Waals surface area contributed by atoms with E-state index in [4.69, 9.17) is 16.3 Å². The molecule has 2 aromatic rings. The van der Waals surface area contributed by atoms with Crippen molar-refractivity contribution in [2.75, 3.05) is 6.54 Å². The van der Waals surface area contributed by atoms with E-state index < -0.39 is 6.10 Å². The summed E-state index contributed by atoms with van der Waals surface area (Å²) in [4.78, 5) is 0. The van der Waals surface area contributed by atoms with E-state index in [0.717, 1.165) is 11.1 Å². The molecule has 0 heterocycles. The van der Waals surface area contributed by atoms with Crippen molar-refractivity contribution in [3.63, 3.8) is 0 Å². The number of rotatable bonds is 7. The predicted molar refractivity (Wildman–Crippen MR) is 90.3 cm³/mol. The average Bonchev–Trinajstić information content (AvgIpc) is 2.50. The number of aliphatic hydroxyl groups excluding tert-OH is 1. The highest BCUT2D eigenvalue weighted by Gasteiger charge is 2.08. The van der Waals surface area contributed by atoms with Crippen LogP contribution in [0.2, 0.25) is 5.02 Å². The summed E-state index contributed by atoms with van der Waals surface area (Å²) < 4.78 is 5.61. The van der Waals surface area contributed by atoms with Crippen molar-refractivity contribution in [1.29, 1.82) is 0 Å². The van der Waals surface area contributed by atoms with Crippen LogP contribution in [0.4, 0.5) is 0 Å². The molecule has 0 aliphatic rings. The van der Waals surface area contributed by atoms with Crippen LogP contribution in [0.25, 0.3) is 0 Å². The number of aliphatic hydroxyl groups is 1. The Morgan fingerprint density at radius 2 is 1.86 bits per heavy atom. The normalized spacial score (nSPS) is 12.4. The van der Waals surface area contributed by atoms with Crippen LogP contribution in [0.1, 0.15) is 31.1 Å². The van der Waals surface area contributed by atoms with Crippen molar-refractivity contribution in [3.8, 4) is 5.75 Å². The van der Waals surface area contributed by atoms with Gasteiger partial charge in [0.15, 0.2) is 0 Å². The second-order valence-electron chi connectivity index (χ2n) is 5.49. The zero-order chi connectivity index (χ0) is 15.9. The van der Waals surface area contributed by atoms with Crippen LogP contribution in [0.3, 0.4) is 0 Å². The molecule has 1 unspecified atom stereocenters. The van der Waals surface area contributed by atoms with Gasteiger partial charge < -0.3 is 15.2 Å². The summed E-state index contributed by atoms with van der Waals surface area (Å²) in [5.41, 5.74) is 1.97. The molecule has 3 nitrogen and oxygen atoms in total. The SMILES string of the molecule is CC(C)Oc1ccc(CNCC(O)c2ccccc2)cc1Cl. The minimum absolute atomic E-state index is 0.0995. The number of hydrogen-bond acceptors (Lipinski definition) is 3. The van der Waals surface area contributed by atoms with Gasteiger partial charge in [-0.2, -0.15) is 0 Å². The summed E-state index contributed by atoms with van der Waals surface area (Å²) in [6.07, 6.45) is -0.414. The van der Waals surface area contributed by atoms with Crippen molar-refractivity contribution in [3.05, 3.63) is 64.7 Å². The standard InChI is InChI=1S/C18H22ClNO2/c1-13(2)22-18-9-8-14(10-16(18)19)11-20-12-17(21)15-6-4-3-5-7-15/h3-10,13,17,20-21H,11-12H2,1-2H3. The number of hydrogen-bond donors (Lipinski definition) is 2. The summed E-state index contributed by atoms with van der Waals surface area (Å²) in [7, 11) is 0. The van der Waals surface area contributed by atoms with E-state index in [9.17, 15) is 5.11 Å². The zero-order valence-corrected chi connectivity index (χ0v) is 13.7. The van der Waals surface area contributed by atoms with Crippen LogP contribution in [0.15, 0.2) is 48.5 Å². The maximum absolute atomic E-state index is 10.1. The van der Waals surface area contributed by atoms with E-state index in [2.05, 4.69) is 5.32 Å². The lowest BCUT2D eigenvalue weighted by atomic mass is 10.1. The van der Waals surface area contributed by atoms with Crippen LogP contribution in [0.5, 0.6) is 5.75 Å². The Morgan fingerprint density at radius 1 is 1.14 bits per heavy atom. The maximum atomic E-state index is 10.1. The molecule has 2 N–H and O–H groups in total. The molecule has 1 atom stereocenters. The molecule has 2 rings (SSSR count). The van der Waals surface area contributed by atoms with Gasteiger partial charge >= 0.3 is 0 Å². The largest absolute Gasteiger partial charge is 0.489 e. The molecule has 0 saturated heterocycles. The third kappa shape index (κ3) is 5.02. The Balaban J connectivity index is 1.85. The van der Waals surface area contributed by atoms with Crippen molar-refractivity contribution in [1.82, 2.24) is 5.32 Å². The fourth-order valence-corrected chi connectivity index (χ4v) is 2.40. The minimum Gasteiger partial charge on any atom is -0.489 e. The minimum atomic E-state index is -0.514. The Hall–Kier alpha value is -1.55. The van der Waals surface area contributed by atoms with Gasteiger partial charge in [0.25, 0.3) is 0 Å². The molecule has 118 valence electrons. The number of halogens is 1. The number of nitrogens with one attached hydrogen (secondary N) is 1. The first-order valence-corrected chi connectivity index (χ1v) is 7.83. The first-order chi connectivity index (χ1) is 10.6. The second kappa shape index (κ2) is 8.18. The highest BCUT2D eigenvalue weighted by Crippen LogP contribution is 2.26. The van der Waals surface area contributed by atoms with E-state index in [1.54, 1.807) is 0 Å².